The molecule has 2 rings (SSSR count). The predicted molar refractivity (Wildman–Crippen MR) is 69.2 cm³/mol. The monoisotopic (exact) mass is 247 g/mol. The van der Waals surface area contributed by atoms with Crippen molar-refractivity contribution in [2.45, 2.75) is 12.5 Å². The zero-order chi connectivity index (χ0) is 13.2. The standard InChI is InChI=1S/C7H11N3O2.C6H6/c1-8-6(7(11)12)2-5-3-9-4-10-5;1-2-4-6-5-3-1/h3-4,6,8H,2H2,1H3,(H,9,10)(H,11,12);1-6H. The quantitative estimate of drug-likeness (QED) is 0.761. The fourth-order valence-corrected chi connectivity index (χ4v) is 1.31. The summed E-state index contributed by atoms with van der Waals surface area (Å²) in [5.41, 5.74) is 0.816. The molecule has 5 heteroatoms. The van der Waals surface area contributed by atoms with Gasteiger partial charge >= 0.3 is 5.97 Å². The number of aromatic nitrogens is 2. The highest BCUT2D eigenvalue weighted by molar-refractivity contribution is 5.73. The van der Waals surface area contributed by atoms with E-state index >= 15 is 0 Å². The molecule has 0 radical (unpaired) electrons. The summed E-state index contributed by atoms with van der Waals surface area (Å²) in [6.07, 6.45) is 3.57. The molecular weight excluding hydrogens is 230 g/mol. The van der Waals surface area contributed by atoms with E-state index in [2.05, 4.69) is 15.3 Å². The number of nitrogens with one attached hydrogen (secondary N) is 2. The van der Waals surface area contributed by atoms with Crippen LogP contribution in [0, 0.1) is 0 Å². The summed E-state index contributed by atoms with van der Waals surface area (Å²) >= 11 is 0. The molecule has 1 unspecified atom stereocenters. The van der Waals surface area contributed by atoms with Crippen LogP contribution in [-0.4, -0.2) is 34.1 Å². The minimum Gasteiger partial charge on any atom is -0.480 e. The number of hydrogen-bond acceptors (Lipinski definition) is 3. The summed E-state index contributed by atoms with van der Waals surface area (Å²) in [7, 11) is 1.62. The summed E-state index contributed by atoms with van der Waals surface area (Å²) in [6.45, 7) is 0. The third kappa shape index (κ3) is 5.27. The Morgan fingerprint density at radius 2 is 1.89 bits per heavy atom. The lowest BCUT2D eigenvalue weighted by molar-refractivity contribution is -0.139. The first-order valence-electron chi connectivity index (χ1n) is 5.61. The molecular formula is C13H17N3O2. The van der Waals surface area contributed by atoms with Crippen molar-refractivity contribution >= 4 is 5.97 Å². The number of hydrogen-bond donors (Lipinski definition) is 3. The van der Waals surface area contributed by atoms with E-state index in [-0.39, 0.29) is 0 Å². The number of H-pyrrole nitrogens is 1. The molecule has 0 saturated carbocycles. The molecule has 1 aromatic carbocycles. The van der Waals surface area contributed by atoms with Gasteiger partial charge in [0.15, 0.2) is 0 Å². The average Bonchev–Trinajstić information content (AvgIpc) is 2.91. The van der Waals surface area contributed by atoms with Crippen LogP contribution in [0.3, 0.4) is 0 Å². The van der Waals surface area contributed by atoms with Crippen LogP contribution in [0.15, 0.2) is 48.9 Å². The second kappa shape index (κ2) is 8.03. The number of imidazole rings is 1. The van der Waals surface area contributed by atoms with E-state index in [1.165, 1.54) is 6.33 Å². The number of aliphatic carboxylic acids is 1. The first kappa shape index (κ1) is 13.9. The molecule has 96 valence electrons. The largest absolute Gasteiger partial charge is 0.480 e. The SMILES string of the molecule is CNC(Cc1cnc[nH]1)C(=O)O.c1ccccc1. The summed E-state index contributed by atoms with van der Waals surface area (Å²) in [6, 6.07) is 11.4. The number of rotatable bonds is 4. The molecule has 0 aliphatic carbocycles. The maximum absolute atomic E-state index is 10.6. The van der Waals surface area contributed by atoms with Gasteiger partial charge in [0, 0.05) is 18.3 Å². The highest BCUT2D eigenvalue weighted by Crippen LogP contribution is 1.97. The second-order valence-corrected chi connectivity index (χ2v) is 3.62. The third-order valence-corrected chi connectivity index (χ3v) is 2.29. The zero-order valence-corrected chi connectivity index (χ0v) is 10.2. The minimum atomic E-state index is -0.855. The van der Waals surface area contributed by atoms with Gasteiger partial charge in [-0.05, 0) is 7.05 Å². The zero-order valence-electron chi connectivity index (χ0n) is 10.2. The molecule has 1 atom stereocenters. The van der Waals surface area contributed by atoms with Gasteiger partial charge in [0.25, 0.3) is 0 Å². The molecule has 0 spiro atoms. The van der Waals surface area contributed by atoms with Crippen LogP contribution in [0.4, 0.5) is 0 Å². The fraction of sp³-hybridized carbons (Fsp3) is 0.231. The van der Waals surface area contributed by atoms with Gasteiger partial charge in [-0.1, -0.05) is 36.4 Å². The van der Waals surface area contributed by atoms with E-state index in [9.17, 15) is 4.79 Å². The lowest BCUT2D eigenvalue weighted by atomic mass is 10.2. The predicted octanol–water partition coefficient (Wildman–Crippen LogP) is 1.31. The van der Waals surface area contributed by atoms with E-state index in [1.54, 1.807) is 13.2 Å². The first-order valence-corrected chi connectivity index (χ1v) is 5.61. The Hall–Kier alpha value is -2.14. The number of aromatic amines is 1. The number of nitrogens with zero attached hydrogens (tertiary/aromatic N) is 1. The van der Waals surface area contributed by atoms with E-state index < -0.39 is 12.0 Å². The Kier molecular flexibility index (Phi) is 6.21. The van der Waals surface area contributed by atoms with Gasteiger partial charge in [-0.2, -0.15) is 0 Å². The van der Waals surface area contributed by atoms with Crippen molar-refractivity contribution in [3.8, 4) is 0 Å². The Bertz CT molecular complexity index is 402. The van der Waals surface area contributed by atoms with E-state index in [4.69, 9.17) is 5.11 Å². The Balaban J connectivity index is 0.000000225. The van der Waals surface area contributed by atoms with Crippen molar-refractivity contribution in [1.29, 1.82) is 0 Å². The second-order valence-electron chi connectivity index (χ2n) is 3.62. The van der Waals surface area contributed by atoms with Crippen LogP contribution in [0.5, 0.6) is 0 Å². The van der Waals surface area contributed by atoms with Gasteiger partial charge in [0.1, 0.15) is 6.04 Å². The maximum Gasteiger partial charge on any atom is 0.321 e. The molecule has 0 aliphatic heterocycles. The third-order valence-electron chi connectivity index (χ3n) is 2.29. The van der Waals surface area contributed by atoms with Crippen LogP contribution < -0.4 is 5.32 Å². The van der Waals surface area contributed by atoms with E-state index in [1.807, 2.05) is 36.4 Å². The van der Waals surface area contributed by atoms with Crippen molar-refractivity contribution in [3.05, 3.63) is 54.6 Å². The van der Waals surface area contributed by atoms with Gasteiger partial charge in [0.2, 0.25) is 0 Å². The number of carbonyl (C=O) groups is 1. The van der Waals surface area contributed by atoms with Crippen molar-refractivity contribution in [3.63, 3.8) is 0 Å². The molecule has 0 saturated heterocycles. The van der Waals surface area contributed by atoms with Crippen molar-refractivity contribution < 1.29 is 9.90 Å². The molecule has 1 aromatic heterocycles. The summed E-state index contributed by atoms with van der Waals surface area (Å²) in [5, 5.41) is 11.4. The van der Waals surface area contributed by atoms with Crippen LogP contribution in [0.25, 0.3) is 0 Å². The van der Waals surface area contributed by atoms with E-state index in [0.717, 1.165) is 5.69 Å². The van der Waals surface area contributed by atoms with Gasteiger partial charge < -0.3 is 15.4 Å². The molecule has 0 amide bonds. The summed E-state index contributed by atoms with van der Waals surface area (Å²) in [4.78, 5) is 17.2. The number of carboxylic acid groups (broad SMARTS) is 1. The fourth-order valence-electron chi connectivity index (χ4n) is 1.31. The molecule has 0 bridgehead atoms. The normalized spacial score (nSPS) is 11.2. The maximum atomic E-state index is 10.6. The van der Waals surface area contributed by atoms with Gasteiger partial charge in [0.05, 0.1) is 6.33 Å². The Morgan fingerprint density at radius 3 is 2.22 bits per heavy atom. The molecule has 1 heterocycles. The van der Waals surface area contributed by atoms with Crippen LogP contribution in [0.2, 0.25) is 0 Å². The molecule has 0 fully saturated rings. The highest BCUT2D eigenvalue weighted by Gasteiger charge is 2.15. The van der Waals surface area contributed by atoms with Crippen molar-refractivity contribution in [1.82, 2.24) is 15.3 Å². The summed E-state index contributed by atoms with van der Waals surface area (Å²) < 4.78 is 0. The van der Waals surface area contributed by atoms with Crippen molar-refractivity contribution in [2.24, 2.45) is 0 Å². The molecule has 3 N–H and O–H groups in total. The molecule has 2 aromatic rings. The molecule has 5 nitrogen and oxygen atoms in total. The number of carboxylic acids is 1. The van der Waals surface area contributed by atoms with Crippen molar-refractivity contribution in [2.75, 3.05) is 7.05 Å². The number of likely N-dealkylation sites (N-methyl/N-ethyl adjacent to an activating group) is 1. The smallest absolute Gasteiger partial charge is 0.321 e. The van der Waals surface area contributed by atoms with Gasteiger partial charge in [-0.3, -0.25) is 4.79 Å². The highest BCUT2D eigenvalue weighted by atomic mass is 16.4. The Morgan fingerprint density at radius 1 is 1.33 bits per heavy atom. The lowest BCUT2D eigenvalue weighted by Gasteiger charge is -2.08. The van der Waals surface area contributed by atoms with Crippen LogP contribution in [0.1, 0.15) is 5.69 Å². The topological polar surface area (TPSA) is 78.0 Å². The molecule has 18 heavy (non-hydrogen) atoms. The molecule has 0 aliphatic rings. The van der Waals surface area contributed by atoms with Gasteiger partial charge in [-0.15, -0.1) is 0 Å². The summed E-state index contributed by atoms with van der Waals surface area (Å²) in [5.74, 6) is -0.855. The average molecular weight is 247 g/mol. The van der Waals surface area contributed by atoms with E-state index in [0.29, 0.717) is 6.42 Å². The number of benzene rings is 1. The van der Waals surface area contributed by atoms with Gasteiger partial charge in [-0.25, -0.2) is 4.98 Å². The minimum absolute atomic E-state index is 0.422. The Labute approximate surface area is 106 Å². The van der Waals surface area contributed by atoms with Crippen LogP contribution >= 0.6 is 0 Å². The lowest BCUT2D eigenvalue weighted by Crippen LogP contribution is -2.35. The van der Waals surface area contributed by atoms with Crippen LogP contribution in [-0.2, 0) is 11.2 Å². The first-order chi connectivity index (χ1) is 8.74.